The minimum atomic E-state index is -1.25. The van der Waals surface area contributed by atoms with Crippen LogP contribution in [0.25, 0.3) is 22.2 Å². The second-order valence-corrected chi connectivity index (χ2v) is 7.14. The summed E-state index contributed by atoms with van der Waals surface area (Å²) in [7, 11) is 3.07. The van der Waals surface area contributed by atoms with Crippen molar-refractivity contribution in [3.8, 4) is 11.3 Å². The number of aromatic nitrogens is 3. The molecule has 24 heavy (non-hydrogen) atoms. The Morgan fingerprint density at radius 1 is 1.08 bits per heavy atom. The summed E-state index contributed by atoms with van der Waals surface area (Å²) >= 11 is 3.51. The van der Waals surface area contributed by atoms with Gasteiger partial charge in [-0.2, -0.15) is 0 Å². The molecule has 0 spiro atoms. The molecule has 1 aromatic carbocycles. The number of hydrogen-bond acceptors (Lipinski definition) is 3. The van der Waals surface area contributed by atoms with Crippen molar-refractivity contribution in [1.82, 2.24) is 13.7 Å². The van der Waals surface area contributed by atoms with E-state index in [1.807, 2.05) is 24.3 Å². The minimum Gasteiger partial charge on any atom is -0.371 e. The Labute approximate surface area is 146 Å². The lowest BCUT2D eigenvalue weighted by molar-refractivity contribution is 0.00397. The van der Waals surface area contributed by atoms with E-state index in [0.717, 1.165) is 14.6 Å². The van der Waals surface area contributed by atoms with Crippen LogP contribution in [0.4, 0.5) is 0 Å². The summed E-state index contributed by atoms with van der Waals surface area (Å²) in [5, 5.41) is 11.0. The van der Waals surface area contributed by atoms with E-state index in [0.29, 0.717) is 16.6 Å². The van der Waals surface area contributed by atoms with Crippen LogP contribution in [0.1, 0.15) is 13.8 Å². The van der Waals surface area contributed by atoms with Gasteiger partial charge in [0.2, 0.25) is 0 Å². The SMILES string of the molecule is Cn1c(=O)c2c(-c3ccccc3Br)n(C(C)(C)O)cc2n(C)c1=O. The van der Waals surface area contributed by atoms with Crippen molar-refractivity contribution in [3.63, 3.8) is 0 Å². The molecule has 6 nitrogen and oxygen atoms in total. The van der Waals surface area contributed by atoms with Crippen molar-refractivity contribution >= 4 is 26.8 Å². The maximum Gasteiger partial charge on any atom is 0.330 e. The van der Waals surface area contributed by atoms with Gasteiger partial charge in [0.1, 0.15) is 5.72 Å². The van der Waals surface area contributed by atoms with Crippen LogP contribution >= 0.6 is 15.9 Å². The molecule has 0 aliphatic heterocycles. The molecule has 2 heterocycles. The first kappa shape index (κ1) is 16.7. The van der Waals surface area contributed by atoms with Crippen molar-refractivity contribution in [2.45, 2.75) is 19.6 Å². The van der Waals surface area contributed by atoms with E-state index in [-0.39, 0.29) is 5.56 Å². The lowest BCUT2D eigenvalue weighted by Crippen LogP contribution is -2.36. The van der Waals surface area contributed by atoms with Crippen LogP contribution in [0.3, 0.4) is 0 Å². The number of rotatable bonds is 2. The predicted molar refractivity (Wildman–Crippen MR) is 97.1 cm³/mol. The normalized spacial score (nSPS) is 12.1. The van der Waals surface area contributed by atoms with Crippen molar-refractivity contribution < 1.29 is 5.11 Å². The van der Waals surface area contributed by atoms with Gasteiger partial charge in [-0.1, -0.05) is 34.1 Å². The van der Waals surface area contributed by atoms with Crippen LogP contribution in [0.15, 0.2) is 44.5 Å². The summed E-state index contributed by atoms with van der Waals surface area (Å²) in [4.78, 5) is 25.0. The molecule has 3 aromatic rings. The van der Waals surface area contributed by atoms with Gasteiger partial charge in [0.15, 0.2) is 0 Å². The summed E-state index contributed by atoms with van der Waals surface area (Å²) in [5.41, 5.74) is -0.214. The summed E-state index contributed by atoms with van der Waals surface area (Å²) < 4.78 is 4.92. The van der Waals surface area contributed by atoms with E-state index in [4.69, 9.17) is 0 Å². The quantitative estimate of drug-likeness (QED) is 0.727. The van der Waals surface area contributed by atoms with Gasteiger partial charge >= 0.3 is 5.69 Å². The Bertz CT molecular complexity index is 1070. The fourth-order valence-electron chi connectivity index (χ4n) is 2.89. The lowest BCUT2D eigenvalue weighted by atomic mass is 10.1. The molecule has 1 N–H and O–H groups in total. The molecular weight excluding hydrogens is 374 g/mol. The van der Waals surface area contributed by atoms with Gasteiger partial charge in [0.05, 0.1) is 16.6 Å². The van der Waals surface area contributed by atoms with Gasteiger partial charge in [0.25, 0.3) is 5.56 Å². The van der Waals surface area contributed by atoms with Gasteiger partial charge in [-0.3, -0.25) is 13.9 Å². The predicted octanol–water partition coefficient (Wildman–Crippen LogP) is 2.15. The molecule has 0 atom stereocenters. The Morgan fingerprint density at radius 2 is 1.71 bits per heavy atom. The van der Waals surface area contributed by atoms with Gasteiger partial charge in [-0.25, -0.2) is 4.79 Å². The van der Waals surface area contributed by atoms with Gasteiger partial charge in [-0.05, 0) is 19.9 Å². The van der Waals surface area contributed by atoms with Crippen LogP contribution in [0.5, 0.6) is 0 Å². The first-order chi connectivity index (χ1) is 11.1. The number of benzene rings is 1. The number of aliphatic hydroxyl groups is 1. The molecule has 0 bridgehead atoms. The molecule has 126 valence electrons. The van der Waals surface area contributed by atoms with Crippen molar-refractivity contribution in [2.24, 2.45) is 14.1 Å². The molecule has 0 unspecified atom stereocenters. The Kier molecular flexibility index (Phi) is 3.80. The van der Waals surface area contributed by atoms with Gasteiger partial charge < -0.3 is 9.67 Å². The number of aryl methyl sites for hydroxylation is 1. The van der Waals surface area contributed by atoms with Crippen LogP contribution < -0.4 is 11.2 Å². The molecule has 0 aliphatic rings. The molecule has 0 fully saturated rings. The summed E-state index contributed by atoms with van der Waals surface area (Å²) in [6.45, 7) is 3.27. The fourth-order valence-corrected chi connectivity index (χ4v) is 3.36. The Morgan fingerprint density at radius 3 is 2.29 bits per heavy atom. The average Bonchev–Trinajstić information content (AvgIpc) is 2.92. The summed E-state index contributed by atoms with van der Waals surface area (Å²) in [6.07, 6.45) is 1.65. The van der Waals surface area contributed by atoms with E-state index in [2.05, 4.69) is 15.9 Å². The standard InChI is InChI=1S/C17H18BrN3O3/c1-17(2,24)21-9-12-13(15(22)20(4)16(23)19(12)3)14(21)10-7-5-6-8-11(10)18/h5-9,24H,1-4H3. The molecule has 0 radical (unpaired) electrons. The van der Waals surface area contributed by atoms with Crippen LogP contribution in [-0.2, 0) is 19.8 Å². The first-order valence-corrected chi connectivity index (χ1v) is 8.22. The number of halogens is 1. The number of fused-ring (bicyclic) bond motifs is 1. The monoisotopic (exact) mass is 391 g/mol. The molecule has 7 heteroatoms. The molecule has 0 amide bonds. The van der Waals surface area contributed by atoms with E-state index in [9.17, 15) is 14.7 Å². The van der Waals surface area contributed by atoms with Crippen molar-refractivity contribution in [1.29, 1.82) is 0 Å². The third kappa shape index (κ3) is 2.35. The Balaban J connectivity index is 2.63. The zero-order valence-electron chi connectivity index (χ0n) is 13.9. The van der Waals surface area contributed by atoms with Crippen LogP contribution in [-0.4, -0.2) is 18.8 Å². The van der Waals surface area contributed by atoms with Gasteiger partial charge in [-0.15, -0.1) is 0 Å². The Hall–Kier alpha value is -2.12. The molecule has 0 saturated heterocycles. The third-order valence-electron chi connectivity index (χ3n) is 4.16. The molecular formula is C17H18BrN3O3. The zero-order valence-corrected chi connectivity index (χ0v) is 15.5. The highest BCUT2D eigenvalue weighted by atomic mass is 79.9. The third-order valence-corrected chi connectivity index (χ3v) is 4.85. The second kappa shape index (κ2) is 5.46. The molecule has 2 aromatic heterocycles. The second-order valence-electron chi connectivity index (χ2n) is 6.29. The van der Waals surface area contributed by atoms with E-state index >= 15 is 0 Å². The zero-order chi connectivity index (χ0) is 17.8. The highest BCUT2D eigenvalue weighted by Crippen LogP contribution is 2.35. The van der Waals surface area contributed by atoms with Crippen LogP contribution in [0, 0.1) is 0 Å². The lowest BCUT2D eigenvalue weighted by Gasteiger charge is -2.23. The van der Waals surface area contributed by atoms with Crippen LogP contribution in [0.2, 0.25) is 0 Å². The van der Waals surface area contributed by atoms with E-state index in [1.54, 1.807) is 31.7 Å². The van der Waals surface area contributed by atoms with E-state index in [1.165, 1.54) is 11.6 Å². The minimum absolute atomic E-state index is 0.387. The first-order valence-electron chi connectivity index (χ1n) is 7.43. The van der Waals surface area contributed by atoms with E-state index < -0.39 is 11.4 Å². The molecule has 0 saturated carbocycles. The maximum atomic E-state index is 12.8. The summed E-state index contributed by atoms with van der Waals surface area (Å²) in [6, 6.07) is 7.47. The maximum absolute atomic E-state index is 12.8. The van der Waals surface area contributed by atoms with Crippen molar-refractivity contribution in [2.75, 3.05) is 0 Å². The number of hydrogen-bond donors (Lipinski definition) is 1. The smallest absolute Gasteiger partial charge is 0.330 e. The highest BCUT2D eigenvalue weighted by molar-refractivity contribution is 9.10. The summed E-state index contributed by atoms with van der Waals surface area (Å²) in [5.74, 6) is 0. The molecule has 0 aliphatic carbocycles. The van der Waals surface area contributed by atoms with Crippen molar-refractivity contribution in [3.05, 3.63) is 55.8 Å². The average molecular weight is 392 g/mol. The number of nitrogens with zero attached hydrogens (tertiary/aromatic N) is 3. The van der Waals surface area contributed by atoms with Gasteiger partial charge in [0, 0.05) is 30.3 Å². The highest BCUT2D eigenvalue weighted by Gasteiger charge is 2.26. The topological polar surface area (TPSA) is 69.2 Å². The largest absolute Gasteiger partial charge is 0.371 e. The fraction of sp³-hybridized carbons (Fsp3) is 0.294. The molecule has 3 rings (SSSR count).